The van der Waals surface area contributed by atoms with E-state index in [-0.39, 0.29) is 34.1 Å². The number of nitriles is 2. The number of hydrogen-bond acceptors (Lipinski definition) is 3. The molecular weight excluding hydrogens is 280 g/mol. The fourth-order valence-corrected chi connectivity index (χ4v) is 1.91. The molecule has 0 N–H and O–H groups in total. The zero-order chi connectivity index (χ0) is 12.1. The van der Waals surface area contributed by atoms with E-state index in [9.17, 15) is 8.78 Å². The van der Waals surface area contributed by atoms with Gasteiger partial charge < -0.3 is 0 Å². The maximum absolute atomic E-state index is 12.8. The van der Waals surface area contributed by atoms with Crippen LogP contribution in [0.15, 0.2) is 6.20 Å². The largest absolute Gasteiger partial charge is 0.264 e. The minimum atomic E-state index is -2.72. The van der Waals surface area contributed by atoms with Gasteiger partial charge in [-0.3, -0.25) is 0 Å². The van der Waals surface area contributed by atoms with Crippen molar-refractivity contribution in [2.24, 2.45) is 0 Å². The van der Waals surface area contributed by atoms with Gasteiger partial charge in [0.2, 0.25) is 0 Å². The molecule has 0 radical (unpaired) electrons. The van der Waals surface area contributed by atoms with Gasteiger partial charge in [-0.05, 0) is 5.56 Å². The highest BCUT2D eigenvalue weighted by atomic mass is 79.9. The number of rotatable bonds is 3. The molecule has 1 rings (SSSR count). The Morgan fingerprint density at radius 3 is 2.56 bits per heavy atom. The van der Waals surface area contributed by atoms with Gasteiger partial charge in [0, 0.05) is 22.7 Å². The van der Waals surface area contributed by atoms with Crippen molar-refractivity contribution in [1.29, 1.82) is 10.5 Å². The van der Waals surface area contributed by atoms with Crippen LogP contribution in [0.5, 0.6) is 0 Å². The van der Waals surface area contributed by atoms with E-state index in [0.717, 1.165) is 6.20 Å². The standard InChI is InChI=1S/C10H6BrF2N3/c11-3-7-8(4-15)16-5-6(1-2-14)9(7)10(12)13/h5,10H,1,3H2. The summed E-state index contributed by atoms with van der Waals surface area (Å²) in [7, 11) is 0. The minimum Gasteiger partial charge on any atom is -0.245 e. The minimum absolute atomic E-state index is 0.0335. The van der Waals surface area contributed by atoms with Crippen molar-refractivity contribution in [3.05, 3.63) is 28.6 Å². The highest BCUT2D eigenvalue weighted by molar-refractivity contribution is 9.08. The second-order valence-corrected chi connectivity index (χ2v) is 3.47. The summed E-state index contributed by atoms with van der Waals surface area (Å²) in [4.78, 5) is 3.75. The van der Waals surface area contributed by atoms with Crippen LogP contribution in [-0.2, 0) is 11.8 Å². The van der Waals surface area contributed by atoms with Crippen LogP contribution in [0.3, 0.4) is 0 Å². The number of pyridine rings is 1. The molecule has 0 spiro atoms. The van der Waals surface area contributed by atoms with Crippen LogP contribution in [-0.4, -0.2) is 4.98 Å². The van der Waals surface area contributed by atoms with E-state index in [2.05, 4.69) is 20.9 Å². The summed E-state index contributed by atoms with van der Waals surface area (Å²) in [6.07, 6.45) is -1.70. The number of nitrogens with zero attached hydrogens (tertiary/aromatic N) is 3. The van der Waals surface area contributed by atoms with Crippen molar-refractivity contribution in [2.75, 3.05) is 0 Å². The van der Waals surface area contributed by atoms with Crippen molar-refractivity contribution >= 4 is 15.9 Å². The third-order valence-corrected chi connectivity index (χ3v) is 2.59. The Hall–Kier alpha value is -1.53. The topological polar surface area (TPSA) is 60.5 Å². The monoisotopic (exact) mass is 285 g/mol. The van der Waals surface area contributed by atoms with Gasteiger partial charge in [-0.25, -0.2) is 13.8 Å². The number of aromatic nitrogens is 1. The van der Waals surface area contributed by atoms with Gasteiger partial charge in [0.05, 0.1) is 12.5 Å². The van der Waals surface area contributed by atoms with Crippen LogP contribution in [0, 0.1) is 22.7 Å². The number of hydrogen-bond donors (Lipinski definition) is 0. The molecule has 0 aromatic carbocycles. The van der Waals surface area contributed by atoms with Gasteiger partial charge in [0.1, 0.15) is 11.8 Å². The summed E-state index contributed by atoms with van der Waals surface area (Å²) >= 11 is 3.05. The van der Waals surface area contributed by atoms with Crippen LogP contribution >= 0.6 is 15.9 Å². The molecule has 3 nitrogen and oxygen atoms in total. The molecule has 0 bridgehead atoms. The molecule has 82 valence electrons. The molecule has 0 saturated carbocycles. The maximum Gasteiger partial charge on any atom is 0.264 e. The van der Waals surface area contributed by atoms with Crippen molar-refractivity contribution in [2.45, 2.75) is 18.2 Å². The fraction of sp³-hybridized carbons (Fsp3) is 0.300. The van der Waals surface area contributed by atoms with Crippen molar-refractivity contribution in [3.63, 3.8) is 0 Å². The Bertz CT molecular complexity index is 474. The smallest absolute Gasteiger partial charge is 0.245 e. The van der Waals surface area contributed by atoms with Gasteiger partial charge in [0.15, 0.2) is 0 Å². The summed E-state index contributed by atoms with van der Waals surface area (Å²) < 4.78 is 25.7. The highest BCUT2D eigenvalue weighted by Crippen LogP contribution is 2.29. The Morgan fingerprint density at radius 1 is 1.44 bits per heavy atom. The SMILES string of the molecule is N#CCc1cnc(C#N)c(CBr)c1C(F)F. The Labute approximate surface area is 99.5 Å². The van der Waals surface area contributed by atoms with E-state index in [1.54, 1.807) is 12.1 Å². The molecule has 1 heterocycles. The average molecular weight is 286 g/mol. The van der Waals surface area contributed by atoms with Crippen LogP contribution in [0.4, 0.5) is 8.78 Å². The van der Waals surface area contributed by atoms with Crippen LogP contribution in [0.1, 0.15) is 28.8 Å². The molecule has 0 amide bonds. The molecule has 0 aliphatic carbocycles. The molecule has 1 aromatic heterocycles. The normalized spacial score (nSPS) is 9.88. The van der Waals surface area contributed by atoms with E-state index < -0.39 is 6.43 Å². The lowest BCUT2D eigenvalue weighted by Gasteiger charge is -2.11. The van der Waals surface area contributed by atoms with Gasteiger partial charge in [-0.2, -0.15) is 10.5 Å². The summed E-state index contributed by atoms with van der Waals surface area (Å²) in [5.74, 6) is 0. The molecule has 0 unspecified atom stereocenters. The van der Waals surface area contributed by atoms with Crippen LogP contribution in [0.25, 0.3) is 0 Å². The molecule has 1 aromatic rings. The molecule has 6 heteroatoms. The van der Waals surface area contributed by atoms with E-state index in [1.165, 1.54) is 0 Å². The van der Waals surface area contributed by atoms with Crippen molar-refractivity contribution in [1.82, 2.24) is 4.98 Å². The second kappa shape index (κ2) is 5.53. The van der Waals surface area contributed by atoms with Gasteiger partial charge in [-0.15, -0.1) is 0 Å². The van der Waals surface area contributed by atoms with Crippen molar-refractivity contribution < 1.29 is 8.78 Å². The molecule has 0 fully saturated rings. The van der Waals surface area contributed by atoms with Crippen LogP contribution in [0.2, 0.25) is 0 Å². The highest BCUT2D eigenvalue weighted by Gasteiger charge is 2.20. The fourth-order valence-electron chi connectivity index (χ4n) is 1.34. The third kappa shape index (κ3) is 2.34. The quantitative estimate of drug-likeness (QED) is 0.803. The molecule has 0 aliphatic heterocycles. The summed E-state index contributed by atoms with van der Waals surface area (Å²) in [6, 6.07) is 3.55. The van der Waals surface area contributed by atoms with Crippen LogP contribution < -0.4 is 0 Å². The van der Waals surface area contributed by atoms with E-state index in [4.69, 9.17) is 10.5 Å². The maximum atomic E-state index is 12.8. The molecule has 0 aliphatic rings. The first-order valence-electron chi connectivity index (χ1n) is 4.27. The Kier molecular flexibility index (Phi) is 4.33. The van der Waals surface area contributed by atoms with Gasteiger partial charge >= 0.3 is 0 Å². The van der Waals surface area contributed by atoms with E-state index >= 15 is 0 Å². The lowest BCUT2D eigenvalue weighted by molar-refractivity contribution is 0.149. The third-order valence-electron chi connectivity index (χ3n) is 2.03. The summed E-state index contributed by atoms with van der Waals surface area (Å²) in [5, 5.41) is 17.4. The predicted octanol–water partition coefficient (Wildman–Crippen LogP) is 2.85. The lowest BCUT2D eigenvalue weighted by Crippen LogP contribution is -2.04. The molecule has 16 heavy (non-hydrogen) atoms. The van der Waals surface area contributed by atoms with Gasteiger partial charge in [0.25, 0.3) is 6.43 Å². The first kappa shape index (κ1) is 12.5. The molecular formula is C10H6BrF2N3. The summed E-state index contributed by atoms with van der Waals surface area (Å²) in [6.45, 7) is 0. The zero-order valence-electron chi connectivity index (χ0n) is 8.04. The Balaban J connectivity index is 3.46. The van der Waals surface area contributed by atoms with Crippen molar-refractivity contribution in [3.8, 4) is 12.1 Å². The molecule has 0 saturated heterocycles. The number of alkyl halides is 3. The second-order valence-electron chi connectivity index (χ2n) is 2.91. The first-order valence-corrected chi connectivity index (χ1v) is 5.39. The lowest BCUT2D eigenvalue weighted by atomic mass is 10.0. The summed E-state index contributed by atoms with van der Waals surface area (Å²) in [5.41, 5.74) is 0.0371. The molecule has 0 atom stereocenters. The van der Waals surface area contributed by atoms with Gasteiger partial charge in [-0.1, -0.05) is 15.9 Å². The van der Waals surface area contributed by atoms with E-state index in [1.807, 2.05) is 0 Å². The average Bonchev–Trinajstić information content (AvgIpc) is 2.28. The predicted molar refractivity (Wildman–Crippen MR) is 55.9 cm³/mol. The number of halogens is 3. The Morgan fingerprint density at radius 2 is 2.12 bits per heavy atom. The first-order chi connectivity index (χ1) is 7.65. The van der Waals surface area contributed by atoms with E-state index in [0.29, 0.717) is 0 Å². The zero-order valence-corrected chi connectivity index (χ0v) is 9.63.